The fourth-order valence-corrected chi connectivity index (χ4v) is 3.16. The lowest BCUT2D eigenvalue weighted by molar-refractivity contribution is -0.116. The standard InChI is InChI=1S/C21H18ClN5O4/c1-27-19-18(20(29)26-21(27)30)24-16(25-19)10-11-17(28)23-12-6-8-13(9-7-12)31-15-5-3-2-4-14(15)22/h2-9H,10-11H2,1H3,(H,23,28)(H,24,25)(H,26,29,30). The third-order valence-electron chi connectivity index (χ3n) is 4.60. The molecule has 0 spiro atoms. The second-order valence-electron chi connectivity index (χ2n) is 6.81. The van der Waals surface area contributed by atoms with Crippen LogP contribution in [0.5, 0.6) is 11.5 Å². The summed E-state index contributed by atoms with van der Waals surface area (Å²) in [7, 11) is 1.51. The van der Waals surface area contributed by atoms with Crippen LogP contribution < -0.4 is 21.3 Å². The van der Waals surface area contributed by atoms with Crippen LogP contribution in [0.15, 0.2) is 58.1 Å². The molecule has 2 aromatic carbocycles. The van der Waals surface area contributed by atoms with Gasteiger partial charge in [-0.15, -0.1) is 0 Å². The summed E-state index contributed by atoms with van der Waals surface area (Å²) in [5.41, 5.74) is -0.0273. The third-order valence-corrected chi connectivity index (χ3v) is 4.91. The molecule has 0 aliphatic carbocycles. The first-order valence-electron chi connectivity index (χ1n) is 9.41. The maximum absolute atomic E-state index is 12.3. The van der Waals surface area contributed by atoms with E-state index in [1.54, 1.807) is 36.4 Å². The number of aromatic nitrogens is 4. The number of para-hydroxylation sites is 1. The van der Waals surface area contributed by atoms with Gasteiger partial charge in [-0.2, -0.15) is 0 Å². The highest BCUT2D eigenvalue weighted by molar-refractivity contribution is 6.32. The van der Waals surface area contributed by atoms with Crippen LogP contribution >= 0.6 is 11.6 Å². The molecule has 0 atom stereocenters. The molecule has 0 unspecified atom stereocenters. The third kappa shape index (κ3) is 4.51. The summed E-state index contributed by atoms with van der Waals surface area (Å²) in [5.74, 6) is 1.36. The number of halogens is 1. The average Bonchev–Trinajstić information content (AvgIpc) is 3.19. The lowest BCUT2D eigenvalue weighted by Crippen LogP contribution is -2.28. The van der Waals surface area contributed by atoms with Crippen molar-refractivity contribution in [1.82, 2.24) is 19.5 Å². The van der Waals surface area contributed by atoms with Gasteiger partial charge in [0.2, 0.25) is 5.91 Å². The van der Waals surface area contributed by atoms with Crippen molar-refractivity contribution in [3.63, 3.8) is 0 Å². The Morgan fingerprint density at radius 3 is 2.61 bits per heavy atom. The lowest BCUT2D eigenvalue weighted by Gasteiger charge is -2.09. The smallest absolute Gasteiger partial charge is 0.329 e. The molecule has 10 heteroatoms. The SMILES string of the molecule is Cn1c(=O)[nH]c(=O)c2[nH]c(CCC(=O)Nc3ccc(Oc4ccccc4Cl)cc3)nc21. The zero-order chi connectivity index (χ0) is 22.0. The van der Waals surface area contributed by atoms with Crippen molar-refractivity contribution in [3.05, 3.63) is 80.2 Å². The van der Waals surface area contributed by atoms with E-state index < -0.39 is 11.2 Å². The van der Waals surface area contributed by atoms with E-state index in [1.807, 2.05) is 12.1 Å². The number of benzene rings is 2. The quantitative estimate of drug-likeness (QED) is 0.426. The van der Waals surface area contributed by atoms with E-state index in [1.165, 1.54) is 11.6 Å². The molecule has 4 aromatic rings. The molecule has 4 rings (SSSR count). The van der Waals surface area contributed by atoms with E-state index in [-0.39, 0.29) is 29.9 Å². The van der Waals surface area contributed by atoms with Crippen molar-refractivity contribution in [1.29, 1.82) is 0 Å². The summed E-state index contributed by atoms with van der Waals surface area (Å²) < 4.78 is 6.96. The van der Waals surface area contributed by atoms with Gasteiger partial charge in [0, 0.05) is 25.6 Å². The highest BCUT2D eigenvalue weighted by atomic mass is 35.5. The van der Waals surface area contributed by atoms with Crippen molar-refractivity contribution in [2.24, 2.45) is 7.05 Å². The van der Waals surface area contributed by atoms with Gasteiger partial charge in [-0.3, -0.25) is 19.1 Å². The molecule has 31 heavy (non-hydrogen) atoms. The summed E-state index contributed by atoms with van der Waals surface area (Å²) in [6.07, 6.45) is 0.422. The van der Waals surface area contributed by atoms with E-state index in [0.29, 0.717) is 28.0 Å². The minimum absolute atomic E-state index is 0.142. The van der Waals surface area contributed by atoms with Gasteiger partial charge in [-0.05, 0) is 36.4 Å². The molecule has 3 N–H and O–H groups in total. The molecular formula is C21H18ClN5O4. The zero-order valence-electron chi connectivity index (χ0n) is 16.4. The normalized spacial score (nSPS) is 10.9. The highest BCUT2D eigenvalue weighted by Gasteiger charge is 2.12. The molecule has 2 aromatic heterocycles. The van der Waals surface area contributed by atoms with Gasteiger partial charge in [0.05, 0.1) is 5.02 Å². The summed E-state index contributed by atoms with van der Waals surface area (Å²) in [6.45, 7) is 0. The molecular weight excluding hydrogens is 422 g/mol. The Balaban J connectivity index is 1.37. The number of aromatic amines is 2. The number of carbonyl (C=O) groups is 1. The predicted molar refractivity (Wildman–Crippen MR) is 117 cm³/mol. The number of H-pyrrole nitrogens is 2. The number of carbonyl (C=O) groups excluding carboxylic acids is 1. The number of anilines is 1. The predicted octanol–water partition coefficient (Wildman–Crippen LogP) is 2.97. The van der Waals surface area contributed by atoms with E-state index >= 15 is 0 Å². The van der Waals surface area contributed by atoms with E-state index in [0.717, 1.165) is 0 Å². The monoisotopic (exact) mass is 439 g/mol. The number of hydrogen-bond donors (Lipinski definition) is 3. The van der Waals surface area contributed by atoms with Crippen LogP contribution in [0, 0.1) is 0 Å². The first-order chi connectivity index (χ1) is 14.9. The molecule has 1 amide bonds. The van der Waals surface area contributed by atoms with E-state index in [4.69, 9.17) is 16.3 Å². The number of fused-ring (bicyclic) bond motifs is 1. The molecule has 0 bridgehead atoms. The van der Waals surface area contributed by atoms with Gasteiger partial charge < -0.3 is 15.0 Å². The van der Waals surface area contributed by atoms with Crippen molar-refractivity contribution in [2.45, 2.75) is 12.8 Å². The van der Waals surface area contributed by atoms with Crippen LogP contribution in [0.25, 0.3) is 11.2 Å². The molecule has 0 saturated carbocycles. The van der Waals surface area contributed by atoms with Crippen LogP contribution in [0.2, 0.25) is 5.02 Å². The van der Waals surface area contributed by atoms with Gasteiger partial charge in [-0.25, -0.2) is 9.78 Å². The Morgan fingerprint density at radius 2 is 1.87 bits per heavy atom. The first-order valence-corrected chi connectivity index (χ1v) is 9.79. The van der Waals surface area contributed by atoms with Gasteiger partial charge >= 0.3 is 5.69 Å². The molecule has 0 aliphatic heterocycles. The number of ether oxygens (including phenoxy) is 1. The fourth-order valence-electron chi connectivity index (χ4n) is 2.99. The Morgan fingerprint density at radius 1 is 1.13 bits per heavy atom. The van der Waals surface area contributed by atoms with Gasteiger partial charge in [-0.1, -0.05) is 23.7 Å². The Hall–Kier alpha value is -3.85. The van der Waals surface area contributed by atoms with Gasteiger partial charge in [0.15, 0.2) is 5.65 Å². The van der Waals surface area contributed by atoms with Crippen LogP contribution in [0.3, 0.4) is 0 Å². The minimum atomic E-state index is -0.546. The summed E-state index contributed by atoms with van der Waals surface area (Å²) in [6, 6.07) is 14.0. The number of nitrogens with one attached hydrogen (secondary N) is 3. The van der Waals surface area contributed by atoms with Crippen molar-refractivity contribution in [3.8, 4) is 11.5 Å². The van der Waals surface area contributed by atoms with Gasteiger partial charge in [0.25, 0.3) is 5.56 Å². The average molecular weight is 440 g/mol. The number of imidazole rings is 1. The topological polar surface area (TPSA) is 122 Å². The molecule has 0 radical (unpaired) electrons. The summed E-state index contributed by atoms with van der Waals surface area (Å²) in [4.78, 5) is 45.1. The molecule has 0 aliphatic rings. The van der Waals surface area contributed by atoms with Crippen LogP contribution in [0.1, 0.15) is 12.2 Å². The molecule has 158 valence electrons. The summed E-state index contributed by atoms with van der Waals surface area (Å²) >= 11 is 6.08. The van der Waals surface area contributed by atoms with Crippen LogP contribution in [-0.4, -0.2) is 25.4 Å². The van der Waals surface area contributed by atoms with E-state index in [9.17, 15) is 14.4 Å². The molecule has 9 nitrogen and oxygen atoms in total. The largest absolute Gasteiger partial charge is 0.456 e. The van der Waals surface area contributed by atoms with Crippen LogP contribution in [0.4, 0.5) is 5.69 Å². The molecule has 0 fully saturated rings. The maximum atomic E-state index is 12.3. The number of nitrogens with zero attached hydrogens (tertiary/aromatic N) is 2. The second-order valence-corrected chi connectivity index (χ2v) is 7.21. The van der Waals surface area contributed by atoms with E-state index in [2.05, 4.69) is 20.3 Å². The Kier molecular flexibility index (Phi) is 5.59. The summed E-state index contributed by atoms with van der Waals surface area (Å²) in [5, 5.41) is 3.30. The Labute approximate surface area is 180 Å². The van der Waals surface area contributed by atoms with Crippen LogP contribution in [-0.2, 0) is 18.3 Å². The fraction of sp³-hybridized carbons (Fsp3) is 0.143. The highest BCUT2D eigenvalue weighted by Crippen LogP contribution is 2.29. The lowest BCUT2D eigenvalue weighted by atomic mass is 10.2. The Bertz CT molecular complexity index is 1370. The first kappa shape index (κ1) is 20.4. The number of rotatable bonds is 6. The van der Waals surface area contributed by atoms with Crippen molar-refractivity contribution in [2.75, 3.05) is 5.32 Å². The van der Waals surface area contributed by atoms with Crippen molar-refractivity contribution < 1.29 is 9.53 Å². The number of amides is 1. The van der Waals surface area contributed by atoms with Crippen molar-refractivity contribution >= 4 is 34.4 Å². The second kappa shape index (κ2) is 8.49. The number of aryl methyl sites for hydroxylation is 2. The number of hydrogen-bond acceptors (Lipinski definition) is 5. The molecule has 2 heterocycles. The van der Waals surface area contributed by atoms with Gasteiger partial charge in [0.1, 0.15) is 22.8 Å². The maximum Gasteiger partial charge on any atom is 0.329 e. The minimum Gasteiger partial charge on any atom is -0.456 e. The molecule has 0 saturated heterocycles. The zero-order valence-corrected chi connectivity index (χ0v) is 17.2.